The minimum absolute atomic E-state index is 0.322. The highest BCUT2D eigenvalue weighted by atomic mass is 16.5. The monoisotopic (exact) mass is 244 g/mol. The van der Waals surface area contributed by atoms with Crippen molar-refractivity contribution < 1.29 is 9.53 Å². The Bertz CT molecular complexity index is 444. The maximum absolute atomic E-state index is 11.0. The maximum Gasteiger partial charge on any atom is 0.330 e. The molecule has 1 aromatic carbocycles. The Morgan fingerprint density at radius 1 is 1.44 bits per heavy atom. The first kappa shape index (κ1) is 13.9. The smallest absolute Gasteiger partial charge is 0.330 e. The Morgan fingerprint density at radius 2 is 2.17 bits per heavy atom. The van der Waals surface area contributed by atoms with Gasteiger partial charge in [0.05, 0.1) is 18.2 Å². The number of hydrogen-bond donors (Lipinski definition) is 1. The first-order chi connectivity index (χ1) is 8.76. The van der Waals surface area contributed by atoms with Crippen molar-refractivity contribution in [2.45, 2.75) is 13.5 Å². The molecule has 1 N–H and O–H groups in total. The Kier molecular flexibility index (Phi) is 6.23. The largest absolute Gasteiger partial charge is 0.463 e. The molecular formula is C14H16N2O2. The van der Waals surface area contributed by atoms with Crippen LogP contribution in [0, 0.1) is 11.3 Å². The Hall–Kier alpha value is -2.12. The summed E-state index contributed by atoms with van der Waals surface area (Å²) in [4.78, 5) is 11.0. The van der Waals surface area contributed by atoms with Crippen LogP contribution in [0.4, 0.5) is 0 Å². The van der Waals surface area contributed by atoms with E-state index in [-0.39, 0.29) is 5.97 Å². The summed E-state index contributed by atoms with van der Waals surface area (Å²) >= 11 is 0. The molecule has 0 atom stereocenters. The van der Waals surface area contributed by atoms with Crippen LogP contribution in [-0.4, -0.2) is 19.1 Å². The summed E-state index contributed by atoms with van der Waals surface area (Å²) < 4.78 is 4.75. The van der Waals surface area contributed by atoms with E-state index in [1.165, 1.54) is 6.08 Å². The van der Waals surface area contributed by atoms with E-state index in [9.17, 15) is 4.79 Å². The zero-order valence-corrected chi connectivity index (χ0v) is 10.3. The van der Waals surface area contributed by atoms with Crippen LogP contribution in [0.5, 0.6) is 0 Å². The van der Waals surface area contributed by atoms with Gasteiger partial charge in [-0.25, -0.2) is 4.79 Å². The molecule has 0 radical (unpaired) electrons. The summed E-state index contributed by atoms with van der Waals surface area (Å²) in [7, 11) is 0. The summed E-state index contributed by atoms with van der Waals surface area (Å²) in [5.74, 6) is -0.322. The lowest BCUT2D eigenvalue weighted by Gasteiger charge is -2.01. The van der Waals surface area contributed by atoms with Crippen LogP contribution in [0.15, 0.2) is 36.4 Å². The highest BCUT2D eigenvalue weighted by Crippen LogP contribution is 2.02. The van der Waals surface area contributed by atoms with Gasteiger partial charge in [0.25, 0.3) is 0 Å². The first-order valence-electron chi connectivity index (χ1n) is 5.79. The van der Waals surface area contributed by atoms with Gasteiger partial charge in [-0.2, -0.15) is 5.26 Å². The average molecular weight is 244 g/mol. The van der Waals surface area contributed by atoms with Gasteiger partial charge in [-0.15, -0.1) is 0 Å². The fourth-order valence-corrected chi connectivity index (χ4v) is 1.34. The van der Waals surface area contributed by atoms with E-state index in [0.29, 0.717) is 25.3 Å². The van der Waals surface area contributed by atoms with E-state index in [1.54, 1.807) is 25.1 Å². The molecule has 1 aromatic rings. The number of nitrogens with one attached hydrogen (secondary N) is 1. The molecule has 1 rings (SSSR count). The third-order valence-corrected chi connectivity index (χ3v) is 2.21. The molecule has 94 valence electrons. The van der Waals surface area contributed by atoms with Crippen molar-refractivity contribution in [3.63, 3.8) is 0 Å². The minimum Gasteiger partial charge on any atom is -0.463 e. The molecule has 0 aliphatic rings. The van der Waals surface area contributed by atoms with Crippen LogP contribution in [0.25, 0.3) is 0 Å². The Labute approximate surface area is 107 Å². The first-order valence-corrected chi connectivity index (χ1v) is 5.79. The van der Waals surface area contributed by atoms with Gasteiger partial charge in [-0.05, 0) is 24.6 Å². The number of esters is 1. The molecule has 0 aliphatic heterocycles. The van der Waals surface area contributed by atoms with Crippen LogP contribution in [0.2, 0.25) is 0 Å². The van der Waals surface area contributed by atoms with Crippen LogP contribution in [-0.2, 0) is 16.1 Å². The zero-order chi connectivity index (χ0) is 13.2. The van der Waals surface area contributed by atoms with Gasteiger partial charge < -0.3 is 10.1 Å². The van der Waals surface area contributed by atoms with E-state index in [4.69, 9.17) is 10.00 Å². The zero-order valence-electron chi connectivity index (χ0n) is 10.3. The summed E-state index contributed by atoms with van der Waals surface area (Å²) in [6.45, 7) is 3.45. The van der Waals surface area contributed by atoms with E-state index in [1.807, 2.05) is 12.1 Å². The van der Waals surface area contributed by atoms with Crippen LogP contribution in [0.3, 0.4) is 0 Å². The standard InChI is InChI=1S/C14H16N2O2/c1-2-18-14(17)4-3-9-16-11-13-7-5-12(10-15)6-8-13/h3-8,16H,2,9,11H2,1H3/b4-3+. The summed E-state index contributed by atoms with van der Waals surface area (Å²) in [5.41, 5.74) is 1.75. The van der Waals surface area contributed by atoms with Gasteiger partial charge in [0.15, 0.2) is 0 Å². The molecule has 4 nitrogen and oxygen atoms in total. The van der Waals surface area contributed by atoms with Crippen molar-refractivity contribution in [1.82, 2.24) is 5.32 Å². The van der Waals surface area contributed by atoms with Crippen LogP contribution < -0.4 is 5.32 Å². The molecule has 4 heteroatoms. The van der Waals surface area contributed by atoms with E-state index in [0.717, 1.165) is 5.56 Å². The predicted molar refractivity (Wildman–Crippen MR) is 68.6 cm³/mol. The normalized spacial score (nSPS) is 10.2. The number of ether oxygens (including phenoxy) is 1. The second-order valence-electron chi connectivity index (χ2n) is 3.59. The van der Waals surface area contributed by atoms with E-state index < -0.39 is 0 Å². The van der Waals surface area contributed by atoms with Gasteiger partial charge in [-0.3, -0.25) is 0 Å². The van der Waals surface area contributed by atoms with Crippen molar-refractivity contribution in [2.24, 2.45) is 0 Å². The van der Waals surface area contributed by atoms with Crippen molar-refractivity contribution >= 4 is 5.97 Å². The summed E-state index contributed by atoms with van der Waals surface area (Å²) in [6, 6.07) is 9.45. The molecule has 0 heterocycles. The topological polar surface area (TPSA) is 62.1 Å². The highest BCUT2D eigenvalue weighted by Gasteiger charge is 1.94. The molecule has 0 bridgehead atoms. The molecule has 0 aromatic heterocycles. The van der Waals surface area contributed by atoms with E-state index in [2.05, 4.69) is 11.4 Å². The average Bonchev–Trinajstić information content (AvgIpc) is 2.39. The van der Waals surface area contributed by atoms with Crippen molar-refractivity contribution in [1.29, 1.82) is 5.26 Å². The number of rotatable bonds is 6. The summed E-state index contributed by atoms with van der Waals surface area (Å²) in [6.07, 6.45) is 3.14. The molecule has 0 fully saturated rings. The second-order valence-corrected chi connectivity index (χ2v) is 3.59. The fourth-order valence-electron chi connectivity index (χ4n) is 1.34. The molecule has 0 unspecified atom stereocenters. The van der Waals surface area contributed by atoms with Gasteiger partial charge >= 0.3 is 5.97 Å². The number of nitrogens with zero attached hydrogens (tertiary/aromatic N) is 1. The molecule has 0 saturated carbocycles. The molecular weight excluding hydrogens is 228 g/mol. The van der Waals surface area contributed by atoms with E-state index >= 15 is 0 Å². The molecule has 0 saturated heterocycles. The fraction of sp³-hybridized carbons (Fsp3) is 0.286. The molecule has 0 aliphatic carbocycles. The van der Waals surface area contributed by atoms with Gasteiger partial charge in [0.1, 0.15) is 0 Å². The molecule has 0 amide bonds. The summed E-state index contributed by atoms with van der Waals surface area (Å²) in [5, 5.41) is 11.8. The SMILES string of the molecule is CCOC(=O)/C=C/CNCc1ccc(C#N)cc1. The maximum atomic E-state index is 11.0. The van der Waals surface area contributed by atoms with Gasteiger partial charge in [0.2, 0.25) is 0 Å². The lowest BCUT2D eigenvalue weighted by molar-refractivity contribution is -0.137. The second kappa shape index (κ2) is 8.04. The van der Waals surface area contributed by atoms with Crippen LogP contribution in [0.1, 0.15) is 18.1 Å². The van der Waals surface area contributed by atoms with Gasteiger partial charge in [-0.1, -0.05) is 18.2 Å². The number of hydrogen-bond acceptors (Lipinski definition) is 4. The minimum atomic E-state index is -0.322. The van der Waals surface area contributed by atoms with Crippen molar-refractivity contribution in [3.05, 3.63) is 47.5 Å². The van der Waals surface area contributed by atoms with Crippen molar-refractivity contribution in [3.8, 4) is 6.07 Å². The third-order valence-electron chi connectivity index (χ3n) is 2.21. The lowest BCUT2D eigenvalue weighted by atomic mass is 10.1. The quantitative estimate of drug-likeness (QED) is 0.470. The number of nitriles is 1. The number of carbonyl (C=O) groups is 1. The molecule has 0 spiro atoms. The number of carbonyl (C=O) groups excluding carboxylic acids is 1. The lowest BCUT2D eigenvalue weighted by Crippen LogP contribution is -2.13. The van der Waals surface area contributed by atoms with Gasteiger partial charge in [0, 0.05) is 19.2 Å². The highest BCUT2D eigenvalue weighted by molar-refractivity contribution is 5.81. The van der Waals surface area contributed by atoms with Crippen LogP contribution >= 0.6 is 0 Å². The van der Waals surface area contributed by atoms with Crippen molar-refractivity contribution in [2.75, 3.05) is 13.2 Å². The third kappa shape index (κ3) is 5.28. The number of benzene rings is 1. The Balaban J connectivity index is 2.25. The molecule has 18 heavy (non-hydrogen) atoms. The Morgan fingerprint density at radius 3 is 2.78 bits per heavy atom. The predicted octanol–water partition coefficient (Wildman–Crippen LogP) is 1.77.